The zero-order valence-corrected chi connectivity index (χ0v) is 10.5. The molecule has 1 N–H and O–H groups in total. The Balaban J connectivity index is 2.44. The fraction of sp³-hybridized carbons (Fsp3) is 0.500. The Kier molecular flexibility index (Phi) is 5.53. The van der Waals surface area contributed by atoms with Gasteiger partial charge < -0.3 is 9.84 Å². The fourth-order valence-corrected chi connectivity index (χ4v) is 1.58. The second-order valence-electron chi connectivity index (χ2n) is 4.22. The number of phenolic OH excluding ortho intramolecular Hbond substituents is 1. The van der Waals surface area contributed by atoms with Crippen LogP contribution in [-0.4, -0.2) is 17.7 Å². The summed E-state index contributed by atoms with van der Waals surface area (Å²) in [6.45, 7) is 4.43. The second-order valence-corrected chi connectivity index (χ2v) is 4.22. The summed E-state index contributed by atoms with van der Waals surface area (Å²) in [5, 5.41) is 9.55. The van der Waals surface area contributed by atoms with Crippen LogP contribution in [0, 0.1) is 6.92 Å². The highest BCUT2D eigenvalue weighted by Crippen LogP contribution is 2.19. The van der Waals surface area contributed by atoms with E-state index in [0.29, 0.717) is 6.61 Å². The zero-order chi connectivity index (χ0) is 12.7. The molecule has 1 aromatic rings. The second kappa shape index (κ2) is 6.94. The molecule has 0 atom stereocenters. The first-order valence-electron chi connectivity index (χ1n) is 6.12. The van der Waals surface area contributed by atoms with Crippen molar-refractivity contribution < 1.29 is 14.6 Å². The first-order valence-corrected chi connectivity index (χ1v) is 6.12. The normalized spacial score (nSPS) is 10.2. The molecule has 3 heteroatoms. The number of aromatic hydroxyl groups is 1. The van der Waals surface area contributed by atoms with E-state index in [1.807, 2.05) is 6.92 Å². The Labute approximate surface area is 102 Å². The molecule has 0 radical (unpaired) electrons. The number of ether oxygens (including phenoxy) is 1. The third-order valence-electron chi connectivity index (χ3n) is 2.60. The number of carbonyl (C=O) groups excluding carboxylic acids is 1. The van der Waals surface area contributed by atoms with Gasteiger partial charge in [-0.3, -0.25) is 0 Å². The first-order chi connectivity index (χ1) is 8.15. The largest absolute Gasteiger partial charge is 0.507 e. The maximum atomic E-state index is 11.7. The average molecular weight is 236 g/mol. The van der Waals surface area contributed by atoms with Crippen LogP contribution in [0.4, 0.5) is 0 Å². The standard InChI is InChI=1S/C14H20O3/c1-3-4-5-6-9-17-14(16)12-10-11(2)7-8-13(12)15/h7-8,10,15H,3-6,9H2,1-2H3. The lowest BCUT2D eigenvalue weighted by molar-refractivity contribution is 0.0494. The van der Waals surface area contributed by atoms with E-state index in [1.165, 1.54) is 6.07 Å². The lowest BCUT2D eigenvalue weighted by atomic mass is 10.1. The summed E-state index contributed by atoms with van der Waals surface area (Å²) in [5.74, 6) is -0.461. The molecule has 0 unspecified atom stereocenters. The van der Waals surface area contributed by atoms with Crippen LogP contribution >= 0.6 is 0 Å². The van der Waals surface area contributed by atoms with Crippen molar-refractivity contribution in [1.29, 1.82) is 0 Å². The predicted octanol–water partition coefficient (Wildman–Crippen LogP) is 3.44. The molecule has 0 fully saturated rings. The number of carbonyl (C=O) groups is 1. The van der Waals surface area contributed by atoms with Gasteiger partial charge in [-0.15, -0.1) is 0 Å². The SMILES string of the molecule is CCCCCCOC(=O)c1cc(C)ccc1O. The molecular formula is C14H20O3. The molecule has 94 valence electrons. The molecule has 1 aromatic carbocycles. The van der Waals surface area contributed by atoms with E-state index in [0.717, 1.165) is 31.2 Å². The number of phenols is 1. The van der Waals surface area contributed by atoms with Crippen LogP contribution in [0.15, 0.2) is 18.2 Å². The predicted molar refractivity (Wildman–Crippen MR) is 67.3 cm³/mol. The average Bonchev–Trinajstić information content (AvgIpc) is 2.32. The quantitative estimate of drug-likeness (QED) is 0.608. The molecule has 0 spiro atoms. The van der Waals surface area contributed by atoms with E-state index in [9.17, 15) is 9.90 Å². The van der Waals surface area contributed by atoms with Gasteiger partial charge in [-0.2, -0.15) is 0 Å². The summed E-state index contributed by atoms with van der Waals surface area (Å²) in [7, 11) is 0. The van der Waals surface area contributed by atoms with Crippen LogP contribution in [0.5, 0.6) is 5.75 Å². The van der Waals surface area contributed by atoms with E-state index in [2.05, 4.69) is 6.92 Å². The van der Waals surface area contributed by atoms with E-state index in [1.54, 1.807) is 12.1 Å². The van der Waals surface area contributed by atoms with Crippen molar-refractivity contribution in [3.63, 3.8) is 0 Å². The number of esters is 1. The molecule has 0 bridgehead atoms. The Bertz CT molecular complexity index is 372. The first kappa shape index (κ1) is 13.6. The molecule has 0 amide bonds. The smallest absolute Gasteiger partial charge is 0.341 e. The van der Waals surface area contributed by atoms with E-state index in [-0.39, 0.29) is 11.3 Å². The van der Waals surface area contributed by atoms with Gasteiger partial charge in [0.15, 0.2) is 0 Å². The highest BCUT2D eigenvalue weighted by Gasteiger charge is 2.12. The topological polar surface area (TPSA) is 46.5 Å². The number of rotatable bonds is 6. The summed E-state index contributed by atoms with van der Waals surface area (Å²) < 4.78 is 5.11. The minimum atomic E-state index is -0.442. The van der Waals surface area contributed by atoms with Gasteiger partial charge in [0.1, 0.15) is 11.3 Å². The van der Waals surface area contributed by atoms with Gasteiger partial charge in [0.2, 0.25) is 0 Å². The molecule has 0 saturated carbocycles. The van der Waals surface area contributed by atoms with Crippen molar-refractivity contribution >= 4 is 5.97 Å². The number of hydrogen-bond donors (Lipinski definition) is 1. The molecule has 1 rings (SSSR count). The monoisotopic (exact) mass is 236 g/mol. The summed E-state index contributed by atoms with van der Waals surface area (Å²) in [6.07, 6.45) is 4.27. The number of aryl methyl sites for hydroxylation is 1. The molecule has 0 aliphatic heterocycles. The lowest BCUT2D eigenvalue weighted by Crippen LogP contribution is -2.07. The minimum absolute atomic E-state index is 0.0193. The van der Waals surface area contributed by atoms with Gasteiger partial charge in [-0.25, -0.2) is 4.79 Å². The van der Waals surface area contributed by atoms with Gasteiger partial charge in [-0.1, -0.05) is 37.8 Å². The summed E-state index contributed by atoms with van der Waals surface area (Å²) >= 11 is 0. The summed E-state index contributed by atoms with van der Waals surface area (Å²) in [6, 6.07) is 4.92. The Morgan fingerprint density at radius 1 is 1.29 bits per heavy atom. The minimum Gasteiger partial charge on any atom is -0.507 e. The van der Waals surface area contributed by atoms with Crippen LogP contribution in [0.3, 0.4) is 0 Å². The van der Waals surface area contributed by atoms with E-state index in [4.69, 9.17) is 4.74 Å². The lowest BCUT2D eigenvalue weighted by Gasteiger charge is -2.06. The molecule has 3 nitrogen and oxygen atoms in total. The summed E-state index contributed by atoms with van der Waals surface area (Å²) in [4.78, 5) is 11.7. The molecule has 0 saturated heterocycles. The number of hydrogen-bond acceptors (Lipinski definition) is 3. The molecule has 0 heterocycles. The Hall–Kier alpha value is -1.51. The van der Waals surface area contributed by atoms with Gasteiger partial charge in [0.05, 0.1) is 6.61 Å². The van der Waals surface area contributed by atoms with Crippen LogP contribution in [0.25, 0.3) is 0 Å². The highest BCUT2D eigenvalue weighted by atomic mass is 16.5. The molecule has 17 heavy (non-hydrogen) atoms. The van der Waals surface area contributed by atoms with Crippen LogP contribution in [-0.2, 0) is 4.74 Å². The highest BCUT2D eigenvalue weighted by molar-refractivity contribution is 5.92. The van der Waals surface area contributed by atoms with Gasteiger partial charge in [-0.05, 0) is 25.5 Å². The Morgan fingerprint density at radius 2 is 2.06 bits per heavy atom. The van der Waals surface area contributed by atoms with Crippen LogP contribution in [0.1, 0.15) is 48.5 Å². The van der Waals surface area contributed by atoms with Crippen molar-refractivity contribution in [1.82, 2.24) is 0 Å². The Morgan fingerprint density at radius 3 is 2.76 bits per heavy atom. The van der Waals surface area contributed by atoms with Crippen molar-refractivity contribution in [2.45, 2.75) is 39.5 Å². The third kappa shape index (κ3) is 4.47. The van der Waals surface area contributed by atoms with Gasteiger partial charge in [0.25, 0.3) is 0 Å². The van der Waals surface area contributed by atoms with E-state index >= 15 is 0 Å². The van der Waals surface area contributed by atoms with Crippen molar-refractivity contribution in [2.24, 2.45) is 0 Å². The number of unbranched alkanes of at least 4 members (excludes halogenated alkanes) is 3. The van der Waals surface area contributed by atoms with Crippen molar-refractivity contribution in [2.75, 3.05) is 6.61 Å². The molecule has 0 aliphatic rings. The van der Waals surface area contributed by atoms with E-state index < -0.39 is 5.97 Å². The number of benzene rings is 1. The molecular weight excluding hydrogens is 216 g/mol. The molecule has 0 aliphatic carbocycles. The van der Waals surface area contributed by atoms with Gasteiger partial charge >= 0.3 is 5.97 Å². The van der Waals surface area contributed by atoms with Crippen LogP contribution < -0.4 is 0 Å². The van der Waals surface area contributed by atoms with Crippen molar-refractivity contribution in [3.05, 3.63) is 29.3 Å². The summed E-state index contributed by atoms with van der Waals surface area (Å²) in [5.41, 5.74) is 1.18. The third-order valence-corrected chi connectivity index (χ3v) is 2.60. The molecule has 0 aromatic heterocycles. The maximum Gasteiger partial charge on any atom is 0.341 e. The fourth-order valence-electron chi connectivity index (χ4n) is 1.58. The zero-order valence-electron chi connectivity index (χ0n) is 10.5. The maximum absolute atomic E-state index is 11.7. The van der Waals surface area contributed by atoms with Gasteiger partial charge in [0, 0.05) is 0 Å². The van der Waals surface area contributed by atoms with Crippen molar-refractivity contribution in [3.8, 4) is 5.75 Å². The van der Waals surface area contributed by atoms with Crippen LogP contribution in [0.2, 0.25) is 0 Å².